The number of esters is 1. The monoisotopic (exact) mass is 530 g/mol. The number of nitrogens with one attached hydrogen (secondary N) is 1. The van der Waals surface area contributed by atoms with Gasteiger partial charge in [-0.3, -0.25) is 14.4 Å². The Bertz CT molecular complexity index is 1410. The molecule has 1 N–H and O–H groups in total. The molecular formula is C30H27ClN2O5. The summed E-state index contributed by atoms with van der Waals surface area (Å²) in [6, 6.07) is 21.3. The van der Waals surface area contributed by atoms with E-state index in [-0.39, 0.29) is 36.0 Å². The second kappa shape index (κ2) is 9.48. The average molecular weight is 531 g/mol. The minimum Gasteiger partial charge on any atom is -0.497 e. The average Bonchev–Trinajstić information content (AvgIpc) is 2.91. The van der Waals surface area contributed by atoms with Crippen LogP contribution in [0.4, 0.5) is 0 Å². The van der Waals surface area contributed by atoms with E-state index in [0.717, 1.165) is 11.1 Å². The first-order valence-electron chi connectivity index (χ1n) is 12.7. The topological polar surface area (TPSA) is 84.9 Å². The number of methoxy groups -OCH3 is 1. The van der Waals surface area contributed by atoms with Crippen LogP contribution in [0.1, 0.15) is 35.6 Å². The quantitative estimate of drug-likeness (QED) is 0.376. The molecule has 3 aromatic rings. The lowest BCUT2D eigenvalue weighted by atomic mass is 9.46. The summed E-state index contributed by atoms with van der Waals surface area (Å²) in [6.45, 7) is 0.711. The van der Waals surface area contributed by atoms with Crippen LogP contribution in [0, 0.1) is 11.8 Å². The van der Waals surface area contributed by atoms with Crippen molar-refractivity contribution < 1.29 is 23.9 Å². The van der Waals surface area contributed by atoms with Crippen molar-refractivity contribution >= 4 is 29.4 Å². The van der Waals surface area contributed by atoms with Gasteiger partial charge in [-0.1, -0.05) is 60.1 Å². The number of halogens is 1. The molecule has 0 aromatic heterocycles. The van der Waals surface area contributed by atoms with Gasteiger partial charge in [0.15, 0.2) is 0 Å². The highest BCUT2D eigenvalue weighted by Crippen LogP contribution is 2.63. The number of likely N-dealkylation sites (tertiary alicyclic amines) is 1. The lowest BCUT2D eigenvalue weighted by Gasteiger charge is -2.61. The molecule has 3 aromatic carbocycles. The van der Waals surface area contributed by atoms with Gasteiger partial charge in [0.05, 0.1) is 13.0 Å². The van der Waals surface area contributed by atoms with Gasteiger partial charge in [-0.25, -0.2) is 0 Å². The number of fused-ring (bicyclic) bond motifs is 1. The van der Waals surface area contributed by atoms with Crippen molar-refractivity contribution in [1.82, 2.24) is 10.2 Å². The Morgan fingerprint density at radius 2 is 1.89 bits per heavy atom. The van der Waals surface area contributed by atoms with E-state index in [1.165, 1.54) is 0 Å². The van der Waals surface area contributed by atoms with Gasteiger partial charge in [-0.05, 0) is 41.7 Å². The highest BCUT2D eigenvalue weighted by molar-refractivity contribution is 6.30. The second-order valence-electron chi connectivity index (χ2n) is 10.2. The van der Waals surface area contributed by atoms with Gasteiger partial charge < -0.3 is 19.7 Å². The van der Waals surface area contributed by atoms with E-state index in [1.54, 1.807) is 42.3 Å². The molecule has 1 aliphatic carbocycles. The number of ether oxygens (including phenoxy) is 2. The first-order valence-corrected chi connectivity index (χ1v) is 13.1. The maximum absolute atomic E-state index is 13.9. The molecule has 2 heterocycles. The van der Waals surface area contributed by atoms with Crippen LogP contribution in [0.2, 0.25) is 5.02 Å². The predicted octanol–water partition coefficient (Wildman–Crippen LogP) is 4.43. The van der Waals surface area contributed by atoms with E-state index in [4.69, 9.17) is 21.1 Å². The Hall–Kier alpha value is -3.84. The zero-order chi connectivity index (χ0) is 26.4. The van der Waals surface area contributed by atoms with Crippen molar-refractivity contribution in [3.8, 4) is 11.5 Å². The first kappa shape index (κ1) is 24.5. The fourth-order valence-electron chi connectivity index (χ4n) is 6.36. The van der Waals surface area contributed by atoms with Crippen molar-refractivity contribution in [2.75, 3.05) is 13.7 Å². The highest BCUT2D eigenvalue weighted by atomic mass is 35.5. The summed E-state index contributed by atoms with van der Waals surface area (Å²) in [5.41, 5.74) is 1.89. The molecule has 6 rings (SSSR count). The van der Waals surface area contributed by atoms with Crippen LogP contribution < -0.4 is 14.8 Å². The van der Waals surface area contributed by atoms with Gasteiger partial charge in [0.1, 0.15) is 17.5 Å². The zero-order valence-electron chi connectivity index (χ0n) is 20.9. The summed E-state index contributed by atoms with van der Waals surface area (Å²) in [5.74, 6) is -0.0579. The van der Waals surface area contributed by atoms with E-state index in [9.17, 15) is 14.4 Å². The maximum Gasteiger partial charge on any atom is 0.315 e. The molecule has 2 amide bonds. The van der Waals surface area contributed by atoms with Crippen molar-refractivity contribution in [3.05, 3.63) is 94.5 Å². The van der Waals surface area contributed by atoms with E-state index in [0.29, 0.717) is 41.6 Å². The molecule has 1 spiro atoms. The number of hydrogen-bond acceptors (Lipinski definition) is 5. The SMILES string of the molecule is COc1ccc2c(c1)OC(=O)[C@H]1C[C@@H]3CN([C@H](C(=O)NCc4ccccc4)c4ccc(Cl)cc4)C(=O)C[C@@]231. The number of piperidine rings is 1. The van der Waals surface area contributed by atoms with Gasteiger partial charge in [0.2, 0.25) is 11.8 Å². The number of carbonyl (C=O) groups excluding carboxylic acids is 3. The van der Waals surface area contributed by atoms with E-state index >= 15 is 0 Å². The van der Waals surface area contributed by atoms with Crippen LogP contribution in [0.5, 0.6) is 11.5 Å². The predicted molar refractivity (Wildman–Crippen MR) is 141 cm³/mol. The molecular weight excluding hydrogens is 504 g/mol. The number of amides is 2. The second-order valence-corrected chi connectivity index (χ2v) is 10.6. The smallest absolute Gasteiger partial charge is 0.315 e. The molecule has 2 fully saturated rings. The molecule has 1 saturated carbocycles. The summed E-state index contributed by atoms with van der Waals surface area (Å²) in [7, 11) is 1.56. The molecule has 0 unspecified atom stereocenters. The summed E-state index contributed by atoms with van der Waals surface area (Å²) in [5, 5.41) is 3.56. The third kappa shape index (κ3) is 3.93. The largest absolute Gasteiger partial charge is 0.497 e. The van der Waals surface area contributed by atoms with Gasteiger partial charge in [0.25, 0.3) is 0 Å². The summed E-state index contributed by atoms with van der Waals surface area (Å²) < 4.78 is 11.0. The fourth-order valence-corrected chi connectivity index (χ4v) is 6.49. The standard InChI is InChI=1S/C30H27ClN2O5/c1-37-22-11-12-23-25(14-22)38-29(36)24-13-20-17-33(26(34)15-30(20,23)24)27(19-7-9-21(31)10-8-19)28(35)32-16-18-5-3-2-4-6-18/h2-12,14,20,24,27H,13,15-17H2,1H3,(H,32,35)/t20-,24-,27+,30+/m1/s1. The molecule has 4 atom stereocenters. The maximum atomic E-state index is 13.9. The van der Waals surface area contributed by atoms with E-state index in [1.807, 2.05) is 42.5 Å². The minimum absolute atomic E-state index is 0.0157. The third-order valence-corrected chi connectivity index (χ3v) is 8.54. The van der Waals surface area contributed by atoms with Crippen LogP contribution in [-0.4, -0.2) is 36.3 Å². The molecule has 8 heteroatoms. The number of carbonyl (C=O) groups is 3. The van der Waals surface area contributed by atoms with Crippen LogP contribution >= 0.6 is 11.6 Å². The Labute approximate surface area is 225 Å². The van der Waals surface area contributed by atoms with E-state index in [2.05, 4.69) is 5.32 Å². The van der Waals surface area contributed by atoms with E-state index < -0.39 is 11.5 Å². The Morgan fingerprint density at radius 1 is 1.13 bits per heavy atom. The van der Waals surface area contributed by atoms with Crippen molar-refractivity contribution in [1.29, 1.82) is 0 Å². The fraction of sp³-hybridized carbons (Fsp3) is 0.300. The normalized spacial score (nSPS) is 24.2. The van der Waals surface area contributed by atoms with Gasteiger partial charge >= 0.3 is 5.97 Å². The molecule has 194 valence electrons. The van der Waals surface area contributed by atoms with Gasteiger partial charge in [-0.2, -0.15) is 0 Å². The molecule has 0 bridgehead atoms. The Morgan fingerprint density at radius 3 is 2.63 bits per heavy atom. The lowest BCUT2D eigenvalue weighted by Crippen LogP contribution is -2.67. The first-order chi connectivity index (χ1) is 18.4. The molecule has 1 saturated heterocycles. The minimum atomic E-state index is -0.814. The zero-order valence-corrected chi connectivity index (χ0v) is 21.6. The summed E-state index contributed by atoms with van der Waals surface area (Å²) >= 11 is 6.13. The molecule has 0 radical (unpaired) electrons. The molecule has 2 aliphatic heterocycles. The van der Waals surface area contributed by atoms with Gasteiger partial charge in [0, 0.05) is 41.6 Å². The molecule has 38 heavy (non-hydrogen) atoms. The van der Waals surface area contributed by atoms with Crippen LogP contribution in [0.25, 0.3) is 0 Å². The summed E-state index contributed by atoms with van der Waals surface area (Å²) in [4.78, 5) is 42.1. The molecule has 7 nitrogen and oxygen atoms in total. The van der Waals surface area contributed by atoms with Crippen molar-refractivity contribution in [3.63, 3.8) is 0 Å². The highest BCUT2D eigenvalue weighted by Gasteiger charge is 2.66. The Balaban J connectivity index is 1.32. The number of hydrogen-bond donors (Lipinski definition) is 1. The number of rotatable bonds is 6. The van der Waals surface area contributed by atoms with Crippen LogP contribution in [-0.2, 0) is 26.3 Å². The lowest BCUT2D eigenvalue weighted by molar-refractivity contribution is -0.170. The number of nitrogens with zero attached hydrogens (tertiary/aromatic N) is 1. The third-order valence-electron chi connectivity index (χ3n) is 8.29. The summed E-state index contributed by atoms with van der Waals surface area (Å²) in [6.07, 6.45) is 0.736. The number of benzene rings is 3. The van der Waals surface area contributed by atoms with Crippen LogP contribution in [0.15, 0.2) is 72.8 Å². The van der Waals surface area contributed by atoms with Crippen molar-refractivity contribution in [2.45, 2.75) is 30.8 Å². The molecule has 3 aliphatic rings. The van der Waals surface area contributed by atoms with Crippen LogP contribution in [0.3, 0.4) is 0 Å². The van der Waals surface area contributed by atoms with Crippen molar-refractivity contribution in [2.24, 2.45) is 11.8 Å². The van der Waals surface area contributed by atoms with Gasteiger partial charge in [-0.15, -0.1) is 0 Å². The Kier molecular flexibility index (Phi) is 6.11.